The van der Waals surface area contributed by atoms with Crippen LogP contribution in [-0.2, 0) is 0 Å². The lowest BCUT2D eigenvalue weighted by atomic mass is 9.83. The summed E-state index contributed by atoms with van der Waals surface area (Å²) in [6.07, 6.45) is 10.9. The van der Waals surface area contributed by atoms with Crippen LogP contribution in [0, 0.1) is 0 Å². The van der Waals surface area contributed by atoms with Crippen LogP contribution < -0.4 is 5.32 Å². The number of thioether (sulfide) groups is 1. The monoisotopic (exact) mass is 185 g/mol. The van der Waals surface area contributed by atoms with Crippen LogP contribution in [0.2, 0.25) is 0 Å². The summed E-state index contributed by atoms with van der Waals surface area (Å²) in [5, 5.41) is 3.69. The third-order valence-electron chi connectivity index (χ3n) is 3.52. The van der Waals surface area contributed by atoms with Crippen LogP contribution >= 0.6 is 11.8 Å². The van der Waals surface area contributed by atoms with E-state index >= 15 is 0 Å². The van der Waals surface area contributed by atoms with Gasteiger partial charge in [-0.25, -0.2) is 0 Å². The molecule has 0 heterocycles. The highest BCUT2D eigenvalue weighted by molar-refractivity contribution is 8.00. The molecule has 12 heavy (non-hydrogen) atoms. The Morgan fingerprint density at radius 1 is 1.33 bits per heavy atom. The molecule has 1 nitrogen and oxygen atoms in total. The van der Waals surface area contributed by atoms with E-state index in [0.29, 0.717) is 4.75 Å². The molecule has 70 valence electrons. The molecular weight excluding hydrogens is 166 g/mol. The van der Waals surface area contributed by atoms with Crippen LogP contribution in [0.15, 0.2) is 0 Å². The normalized spacial score (nSPS) is 27.8. The quantitative estimate of drug-likeness (QED) is 0.722. The van der Waals surface area contributed by atoms with Crippen LogP contribution in [0.25, 0.3) is 0 Å². The topological polar surface area (TPSA) is 12.0 Å². The van der Waals surface area contributed by atoms with E-state index in [0.717, 1.165) is 6.04 Å². The van der Waals surface area contributed by atoms with E-state index in [1.54, 1.807) is 0 Å². The Bertz CT molecular complexity index is 144. The second kappa shape index (κ2) is 3.59. The first kappa shape index (κ1) is 8.89. The minimum Gasteiger partial charge on any atom is -0.313 e. The zero-order valence-corrected chi connectivity index (χ0v) is 8.75. The summed E-state index contributed by atoms with van der Waals surface area (Å²) < 4.78 is 0.635. The van der Waals surface area contributed by atoms with E-state index in [4.69, 9.17) is 0 Å². The van der Waals surface area contributed by atoms with Crippen molar-refractivity contribution < 1.29 is 0 Å². The Balaban J connectivity index is 1.69. The molecule has 0 aliphatic heterocycles. The molecule has 2 aliphatic rings. The number of nitrogens with one attached hydrogen (secondary N) is 1. The van der Waals surface area contributed by atoms with E-state index in [9.17, 15) is 0 Å². The van der Waals surface area contributed by atoms with Gasteiger partial charge < -0.3 is 5.32 Å². The average molecular weight is 185 g/mol. The van der Waals surface area contributed by atoms with Crippen molar-refractivity contribution in [1.82, 2.24) is 5.32 Å². The van der Waals surface area contributed by atoms with Gasteiger partial charge in [0.25, 0.3) is 0 Å². The second-order valence-electron chi connectivity index (χ2n) is 4.25. The highest BCUT2D eigenvalue weighted by Gasteiger charge is 2.36. The number of hydrogen-bond donors (Lipinski definition) is 1. The van der Waals surface area contributed by atoms with Crippen molar-refractivity contribution in [1.29, 1.82) is 0 Å². The molecule has 0 saturated heterocycles. The van der Waals surface area contributed by atoms with Crippen molar-refractivity contribution in [3.63, 3.8) is 0 Å². The van der Waals surface area contributed by atoms with Crippen molar-refractivity contribution in [2.75, 3.05) is 12.8 Å². The molecule has 0 amide bonds. The smallest absolute Gasteiger partial charge is 0.0281 e. The summed E-state index contributed by atoms with van der Waals surface area (Å²) >= 11 is 2.07. The minimum atomic E-state index is 0.635. The Kier molecular flexibility index (Phi) is 2.66. The van der Waals surface area contributed by atoms with Crippen LogP contribution in [0.5, 0.6) is 0 Å². The third kappa shape index (κ3) is 1.64. The van der Waals surface area contributed by atoms with Crippen LogP contribution in [0.3, 0.4) is 0 Å². The van der Waals surface area contributed by atoms with Crippen molar-refractivity contribution in [2.45, 2.75) is 49.3 Å². The number of hydrogen-bond acceptors (Lipinski definition) is 2. The molecule has 0 bridgehead atoms. The molecule has 0 aromatic heterocycles. The van der Waals surface area contributed by atoms with Crippen molar-refractivity contribution in [2.24, 2.45) is 0 Å². The van der Waals surface area contributed by atoms with Gasteiger partial charge in [-0.3, -0.25) is 0 Å². The molecule has 2 saturated carbocycles. The minimum absolute atomic E-state index is 0.635. The zero-order chi connectivity index (χ0) is 8.44. The molecule has 2 aliphatic carbocycles. The van der Waals surface area contributed by atoms with Crippen LogP contribution in [-0.4, -0.2) is 23.6 Å². The van der Waals surface area contributed by atoms with Gasteiger partial charge in [0.05, 0.1) is 0 Å². The van der Waals surface area contributed by atoms with E-state index in [-0.39, 0.29) is 0 Å². The standard InChI is InChI=1S/C10H19NS/c1-12-10(6-3-7-10)8-11-9-4-2-5-9/h9,11H,2-8H2,1H3. The molecule has 0 aromatic carbocycles. The maximum atomic E-state index is 3.69. The Labute approximate surface area is 79.7 Å². The van der Waals surface area contributed by atoms with E-state index in [1.165, 1.54) is 45.1 Å². The summed E-state index contributed by atoms with van der Waals surface area (Å²) in [5.74, 6) is 0. The van der Waals surface area contributed by atoms with Crippen LogP contribution in [0.4, 0.5) is 0 Å². The number of rotatable bonds is 4. The summed E-state index contributed by atoms with van der Waals surface area (Å²) in [5.41, 5.74) is 0. The predicted octanol–water partition coefficient (Wildman–Crippen LogP) is 2.41. The van der Waals surface area contributed by atoms with Gasteiger partial charge in [0.2, 0.25) is 0 Å². The molecule has 0 unspecified atom stereocenters. The summed E-state index contributed by atoms with van der Waals surface area (Å²) in [6.45, 7) is 1.26. The summed E-state index contributed by atoms with van der Waals surface area (Å²) in [7, 11) is 0. The lowest BCUT2D eigenvalue weighted by Gasteiger charge is -2.42. The summed E-state index contributed by atoms with van der Waals surface area (Å²) in [6, 6.07) is 0.870. The lowest BCUT2D eigenvalue weighted by molar-refractivity contribution is 0.282. The first-order valence-electron chi connectivity index (χ1n) is 5.13. The molecule has 0 spiro atoms. The van der Waals surface area contributed by atoms with Gasteiger partial charge in [-0.05, 0) is 31.9 Å². The molecule has 2 heteroatoms. The largest absolute Gasteiger partial charge is 0.313 e. The lowest BCUT2D eigenvalue weighted by Crippen LogP contribution is -2.48. The molecule has 2 rings (SSSR count). The van der Waals surface area contributed by atoms with E-state index in [1.807, 2.05) is 0 Å². The predicted molar refractivity (Wildman–Crippen MR) is 55.7 cm³/mol. The SMILES string of the molecule is CSC1(CNC2CCC2)CCC1. The Morgan fingerprint density at radius 2 is 2.08 bits per heavy atom. The molecule has 0 radical (unpaired) electrons. The first-order chi connectivity index (χ1) is 5.85. The Morgan fingerprint density at radius 3 is 2.42 bits per heavy atom. The average Bonchev–Trinajstić information content (AvgIpc) is 1.91. The first-order valence-corrected chi connectivity index (χ1v) is 6.36. The Hall–Kier alpha value is 0.310. The van der Waals surface area contributed by atoms with Crippen molar-refractivity contribution in [3.8, 4) is 0 Å². The van der Waals surface area contributed by atoms with Gasteiger partial charge >= 0.3 is 0 Å². The van der Waals surface area contributed by atoms with Gasteiger partial charge in [0.1, 0.15) is 0 Å². The van der Waals surface area contributed by atoms with E-state index < -0.39 is 0 Å². The third-order valence-corrected chi connectivity index (χ3v) is 4.93. The maximum absolute atomic E-state index is 3.69. The van der Waals surface area contributed by atoms with Crippen molar-refractivity contribution in [3.05, 3.63) is 0 Å². The van der Waals surface area contributed by atoms with Crippen molar-refractivity contribution >= 4 is 11.8 Å². The van der Waals surface area contributed by atoms with Gasteiger partial charge in [-0.2, -0.15) is 11.8 Å². The fourth-order valence-electron chi connectivity index (χ4n) is 1.97. The molecule has 1 N–H and O–H groups in total. The fraction of sp³-hybridized carbons (Fsp3) is 1.00. The fourth-order valence-corrected chi connectivity index (χ4v) is 2.89. The van der Waals surface area contributed by atoms with Gasteiger partial charge in [-0.1, -0.05) is 12.8 Å². The molecule has 2 fully saturated rings. The van der Waals surface area contributed by atoms with Gasteiger partial charge in [0, 0.05) is 17.3 Å². The maximum Gasteiger partial charge on any atom is 0.0281 e. The highest BCUT2D eigenvalue weighted by atomic mass is 32.2. The molecular formula is C10H19NS. The highest BCUT2D eigenvalue weighted by Crippen LogP contribution is 2.42. The molecule has 0 atom stereocenters. The second-order valence-corrected chi connectivity index (χ2v) is 5.52. The zero-order valence-electron chi connectivity index (χ0n) is 7.94. The van der Waals surface area contributed by atoms with Gasteiger partial charge in [0.15, 0.2) is 0 Å². The van der Waals surface area contributed by atoms with Gasteiger partial charge in [-0.15, -0.1) is 0 Å². The summed E-state index contributed by atoms with van der Waals surface area (Å²) in [4.78, 5) is 0. The van der Waals surface area contributed by atoms with Crippen LogP contribution in [0.1, 0.15) is 38.5 Å². The molecule has 0 aromatic rings. The van der Waals surface area contributed by atoms with E-state index in [2.05, 4.69) is 23.3 Å².